The van der Waals surface area contributed by atoms with E-state index < -0.39 is 17.8 Å². The van der Waals surface area contributed by atoms with Crippen LogP contribution in [0.3, 0.4) is 0 Å². The predicted molar refractivity (Wildman–Crippen MR) is 92.0 cm³/mol. The first-order valence-electron chi connectivity index (χ1n) is 7.20. The zero-order valence-electron chi connectivity index (χ0n) is 13.5. The third-order valence-electron chi connectivity index (χ3n) is 3.20. The van der Waals surface area contributed by atoms with Crippen LogP contribution in [0.4, 0.5) is 8.78 Å². The molecule has 0 aliphatic carbocycles. The third-order valence-corrected chi connectivity index (χ3v) is 6.11. The number of hydrogen-bond acceptors (Lipinski definition) is 4. The van der Waals surface area contributed by atoms with Crippen LogP contribution in [0.5, 0.6) is 0 Å². The van der Waals surface area contributed by atoms with Gasteiger partial charge in [-0.3, -0.25) is 0 Å². The lowest BCUT2D eigenvalue weighted by molar-refractivity contribution is 0.151. The van der Waals surface area contributed by atoms with Gasteiger partial charge in [0.2, 0.25) is 0 Å². The van der Waals surface area contributed by atoms with Gasteiger partial charge in [0, 0.05) is 33.6 Å². The lowest BCUT2D eigenvalue weighted by atomic mass is 10.1. The number of nitrogens with zero attached hydrogens (tertiary/aromatic N) is 1. The summed E-state index contributed by atoms with van der Waals surface area (Å²) < 4.78 is 40.0. The maximum atomic E-state index is 12.6. The Balaban J connectivity index is 2.11. The molecule has 0 bridgehead atoms. The van der Waals surface area contributed by atoms with Crippen molar-refractivity contribution in [1.29, 1.82) is 0 Å². The molecule has 1 unspecified atom stereocenters. The number of alkyl halides is 2. The summed E-state index contributed by atoms with van der Waals surface area (Å²) in [6, 6.07) is 6.03. The summed E-state index contributed by atoms with van der Waals surface area (Å²) in [5.74, 6) is 0. The molecule has 0 spiro atoms. The van der Waals surface area contributed by atoms with Gasteiger partial charge in [-0.05, 0) is 27.7 Å². The van der Waals surface area contributed by atoms with E-state index in [0.29, 0.717) is 0 Å². The van der Waals surface area contributed by atoms with Crippen LogP contribution in [-0.2, 0) is 11.4 Å². The molecule has 0 saturated heterocycles. The van der Waals surface area contributed by atoms with Crippen molar-refractivity contribution in [3.8, 4) is 10.6 Å². The molecule has 0 saturated carbocycles. The molecule has 1 N–H and O–H groups in total. The van der Waals surface area contributed by atoms with Crippen LogP contribution < -0.4 is 4.72 Å². The van der Waals surface area contributed by atoms with Gasteiger partial charge in [-0.15, -0.1) is 16.1 Å². The van der Waals surface area contributed by atoms with Crippen molar-refractivity contribution in [2.45, 2.75) is 44.9 Å². The van der Waals surface area contributed by atoms with E-state index in [0.717, 1.165) is 15.4 Å². The van der Waals surface area contributed by atoms with Crippen molar-refractivity contribution in [3.63, 3.8) is 0 Å². The molecule has 0 aliphatic rings. The van der Waals surface area contributed by atoms with Gasteiger partial charge >= 0.3 is 0 Å². The Hall–Kier alpha value is -1.02. The van der Waals surface area contributed by atoms with Gasteiger partial charge in [-0.25, -0.2) is 13.8 Å². The first kappa shape index (κ1) is 18.3. The van der Waals surface area contributed by atoms with Crippen molar-refractivity contribution in [1.82, 2.24) is 9.71 Å². The maximum Gasteiger partial charge on any atom is 0.263 e. The Bertz CT molecular complexity index is 638. The molecule has 1 heterocycles. The van der Waals surface area contributed by atoms with Gasteiger partial charge in [-0.2, -0.15) is 0 Å². The summed E-state index contributed by atoms with van der Waals surface area (Å²) in [5, 5.41) is 0.760. The highest BCUT2D eigenvalue weighted by Gasteiger charge is 2.28. The van der Waals surface area contributed by atoms with Crippen LogP contribution in [0, 0.1) is 0 Å². The predicted octanol–water partition coefficient (Wildman–Crippen LogP) is 4.86. The highest BCUT2D eigenvalue weighted by molar-refractivity contribution is 7.90. The summed E-state index contributed by atoms with van der Waals surface area (Å²) in [4.78, 5) is 5.30. The number of rotatable bonds is 5. The van der Waals surface area contributed by atoms with Gasteiger partial charge in [0.05, 0.1) is 6.04 Å². The molecule has 7 heteroatoms. The molecule has 2 aromatic rings. The fraction of sp³-hybridized carbons (Fsp3) is 0.438. The highest BCUT2D eigenvalue weighted by Crippen LogP contribution is 2.31. The molecule has 1 aromatic heterocycles. The van der Waals surface area contributed by atoms with E-state index in [4.69, 9.17) is 0 Å². The Morgan fingerprint density at radius 2 is 1.83 bits per heavy atom. The summed E-state index contributed by atoms with van der Waals surface area (Å²) in [6.45, 7) is 7.66. The second-order valence-electron chi connectivity index (χ2n) is 6.21. The molecule has 0 aliphatic heterocycles. The van der Waals surface area contributed by atoms with Crippen molar-refractivity contribution in [2.75, 3.05) is 0 Å². The van der Waals surface area contributed by atoms with Crippen molar-refractivity contribution in [2.24, 2.45) is 0 Å². The zero-order valence-corrected chi connectivity index (χ0v) is 15.1. The Kier molecular flexibility index (Phi) is 5.78. The normalized spacial score (nSPS) is 15.0. The van der Waals surface area contributed by atoms with Crippen molar-refractivity contribution >= 4 is 22.7 Å². The van der Waals surface area contributed by atoms with E-state index in [1.165, 1.54) is 23.5 Å². The first-order chi connectivity index (χ1) is 10.7. The number of thiazole rings is 1. The highest BCUT2D eigenvalue weighted by atomic mass is 32.2. The van der Waals surface area contributed by atoms with Crippen molar-refractivity contribution < 1.29 is 13.3 Å². The topological polar surface area (TPSA) is 48.0 Å². The first-order valence-corrected chi connectivity index (χ1v) is 9.17. The molecule has 3 nitrogen and oxygen atoms in total. The largest absolute Gasteiger partial charge is 0.598 e. The van der Waals surface area contributed by atoms with E-state index in [-0.39, 0.29) is 16.4 Å². The quantitative estimate of drug-likeness (QED) is 0.777. The summed E-state index contributed by atoms with van der Waals surface area (Å²) in [5.41, 5.74) is 0.802. The smallest absolute Gasteiger partial charge is 0.263 e. The molecule has 0 amide bonds. The second-order valence-corrected chi connectivity index (χ2v) is 9.27. The van der Waals surface area contributed by atoms with E-state index in [9.17, 15) is 13.3 Å². The molecule has 0 fully saturated rings. The summed E-state index contributed by atoms with van der Waals surface area (Å²) in [6.07, 6.45) is -0.731. The number of halogens is 2. The van der Waals surface area contributed by atoms with Gasteiger partial charge in [-0.1, -0.05) is 24.3 Å². The minimum Gasteiger partial charge on any atom is -0.598 e. The minimum absolute atomic E-state index is 0.00105. The lowest BCUT2D eigenvalue weighted by Crippen LogP contribution is -2.40. The standard InChI is InChI=1S/C16H20F2N2OS2/c1-10(20-23(21)16(2,3)4)13-9-19-15(22-13)12-7-5-11(6-8-12)14(17)18/h5-10,14,20H,1-4H3/t10-,23?/m0/s1. The lowest BCUT2D eigenvalue weighted by Gasteiger charge is -2.25. The second kappa shape index (κ2) is 7.25. The van der Waals surface area contributed by atoms with Crippen LogP contribution in [-0.4, -0.2) is 14.3 Å². The fourth-order valence-corrected chi connectivity index (χ4v) is 3.59. The monoisotopic (exact) mass is 358 g/mol. The molecule has 0 radical (unpaired) electrons. The Morgan fingerprint density at radius 3 is 2.35 bits per heavy atom. The molecule has 23 heavy (non-hydrogen) atoms. The van der Waals surface area contributed by atoms with Gasteiger partial charge in [0.25, 0.3) is 6.43 Å². The average Bonchev–Trinajstić information content (AvgIpc) is 2.96. The third kappa shape index (κ3) is 4.73. The van der Waals surface area contributed by atoms with E-state index >= 15 is 0 Å². The van der Waals surface area contributed by atoms with E-state index in [1.807, 2.05) is 27.7 Å². The number of nitrogens with one attached hydrogen (secondary N) is 1. The molecule has 1 aromatic carbocycles. The molecular formula is C16H20F2N2OS2. The SMILES string of the molecule is C[C@H](N[S+]([O-])C(C)(C)C)c1cnc(-c2ccc(C(F)F)cc2)s1. The van der Waals surface area contributed by atoms with E-state index in [2.05, 4.69) is 9.71 Å². The summed E-state index contributed by atoms with van der Waals surface area (Å²) in [7, 11) is 0. The average molecular weight is 358 g/mol. The van der Waals surface area contributed by atoms with E-state index in [1.54, 1.807) is 18.3 Å². The van der Waals surface area contributed by atoms with Crippen LogP contribution in [0.1, 0.15) is 50.6 Å². The molecular weight excluding hydrogens is 338 g/mol. The van der Waals surface area contributed by atoms with Crippen LogP contribution in [0.25, 0.3) is 10.6 Å². The summed E-state index contributed by atoms with van der Waals surface area (Å²) >= 11 is 0.299. The molecule has 2 rings (SSSR count). The van der Waals surface area contributed by atoms with Crippen LogP contribution >= 0.6 is 11.3 Å². The molecule has 126 valence electrons. The fourth-order valence-electron chi connectivity index (χ4n) is 1.79. The van der Waals surface area contributed by atoms with Crippen LogP contribution in [0.15, 0.2) is 30.5 Å². The Labute approximate surface area is 142 Å². The van der Waals surface area contributed by atoms with Gasteiger partial charge in [0.15, 0.2) is 0 Å². The zero-order chi connectivity index (χ0) is 17.2. The molecule has 2 atom stereocenters. The van der Waals surface area contributed by atoms with Gasteiger partial charge in [0.1, 0.15) is 9.75 Å². The Morgan fingerprint density at radius 1 is 1.22 bits per heavy atom. The minimum atomic E-state index is -2.47. The van der Waals surface area contributed by atoms with Gasteiger partial charge < -0.3 is 4.55 Å². The maximum absolute atomic E-state index is 12.6. The van der Waals surface area contributed by atoms with Crippen molar-refractivity contribution in [3.05, 3.63) is 40.9 Å². The number of aromatic nitrogens is 1. The van der Waals surface area contributed by atoms with Crippen LogP contribution in [0.2, 0.25) is 0 Å². The number of benzene rings is 1. The number of hydrogen-bond donors (Lipinski definition) is 1.